The fourth-order valence-corrected chi connectivity index (χ4v) is 1.18. The lowest BCUT2D eigenvalue weighted by molar-refractivity contribution is -0.387. The highest BCUT2D eigenvalue weighted by Crippen LogP contribution is 2.27. The van der Waals surface area contributed by atoms with Gasteiger partial charge in [0.25, 0.3) is 5.88 Å². The molecule has 2 aromatic rings. The summed E-state index contributed by atoms with van der Waals surface area (Å²) in [6, 6.07) is 1.68. The molecule has 0 saturated carbocycles. The summed E-state index contributed by atoms with van der Waals surface area (Å²) in [4.78, 5) is 16.5. The molecule has 1 radical (unpaired) electrons. The molecule has 1 heterocycles. The molecular weight excluding hydrogens is 205 g/mol. The third kappa shape index (κ3) is 1.43. The Hall–Kier alpha value is -2.31. The average molecular weight is 208 g/mol. The van der Waals surface area contributed by atoms with Gasteiger partial charge in [-0.1, -0.05) is 0 Å². The molecule has 15 heavy (non-hydrogen) atoms. The zero-order valence-electron chi connectivity index (χ0n) is 7.18. The van der Waals surface area contributed by atoms with E-state index in [9.17, 15) is 19.6 Å². The Morgan fingerprint density at radius 3 is 2.73 bits per heavy atom. The van der Waals surface area contributed by atoms with Gasteiger partial charge in [-0.15, -0.1) is 0 Å². The molecule has 0 unspecified atom stereocenters. The van der Waals surface area contributed by atoms with Gasteiger partial charge in [0.1, 0.15) is 6.33 Å². The smallest absolute Gasteiger partial charge is 0.267 e. The lowest BCUT2D eigenvalue weighted by Crippen LogP contribution is -1.93. The van der Waals surface area contributed by atoms with Crippen molar-refractivity contribution in [2.24, 2.45) is 0 Å². The van der Waals surface area contributed by atoms with Gasteiger partial charge in [-0.05, 0) is 0 Å². The Balaban J connectivity index is 2.83. The van der Waals surface area contributed by atoms with E-state index in [1.807, 2.05) is 0 Å². The number of nitrogens with zero attached hydrogens (tertiary/aromatic N) is 3. The first-order valence-electron chi connectivity index (χ1n) is 3.85. The lowest BCUT2D eigenvalue weighted by Gasteiger charge is -1.98. The summed E-state index contributed by atoms with van der Waals surface area (Å²) in [5.41, 5.74) is -0.701. The molecule has 1 aromatic carbocycles. The third-order valence-electron chi connectivity index (χ3n) is 1.86. The maximum atomic E-state index is 13.1. The Morgan fingerprint density at radius 1 is 1.33 bits per heavy atom. The molecule has 0 saturated heterocycles. The molecular formula is C8H3FN3O3. The highest BCUT2D eigenvalue weighted by atomic mass is 19.1. The number of nitro groups is 1. The minimum absolute atomic E-state index is 0.0538. The molecule has 6 nitrogen and oxygen atoms in total. The van der Waals surface area contributed by atoms with Crippen LogP contribution in [0.2, 0.25) is 0 Å². The average Bonchev–Trinajstić information content (AvgIpc) is 2.16. The van der Waals surface area contributed by atoms with Crippen molar-refractivity contribution >= 4 is 16.6 Å². The van der Waals surface area contributed by atoms with Crippen LogP contribution in [0.15, 0.2) is 18.5 Å². The summed E-state index contributed by atoms with van der Waals surface area (Å²) in [6.45, 7) is 0. The largest absolute Gasteiger partial charge is 0.305 e. The van der Waals surface area contributed by atoms with E-state index in [0.29, 0.717) is 0 Å². The van der Waals surface area contributed by atoms with Crippen molar-refractivity contribution in [1.29, 1.82) is 0 Å². The maximum Gasteiger partial charge on any atom is 0.305 e. The van der Waals surface area contributed by atoms with Gasteiger partial charge < -0.3 is 0 Å². The monoisotopic (exact) mass is 208 g/mol. The molecule has 0 aliphatic heterocycles. The highest BCUT2D eigenvalue weighted by molar-refractivity contribution is 5.85. The summed E-state index contributed by atoms with van der Waals surface area (Å²) in [5, 5.41) is 21.5. The number of hydrogen-bond acceptors (Lipinski definition) is 4. The van der Waals surface area contributed by atoms with E-state index in [0.717, 1.165) is 18.5 Å². The maximum absolute atomic E-state index is 13.1. The van der Waals surface area contributed by atoms with Crippen molar-refractivity contribution < 1.29 is 14.4 Å². The zero-order chi connectivity index (χ0) is 11.0. The number of nitro benzene ring substituents is 1. The molecule has 0 amide bonds. The lowest BCUT2D eigenvalue weighted by atomic mass is 10.2. The fourth-order valence-electron chi connectivity index (χ4n) is 1.18. The Labute approximate surface area is 82.2 Å². The van der Waals surface area contributed by atoms with E-state index in [1.54, 1.807) is 0 Å². The number of aromatic nitrogens is 2. The fraction of sp³-hybridized carbons (Fsp3) is 0. The van der Waals surface area contributed by atoms with Crippen LogP contribution in [0.4, 0.5) is 10.1 Å². The second-order valence-corrected chi connectivity index (χ2v) is 2.76. The van der Waals surface area contributed by atoms with Crippen molar-refractivity contribution in [3.63, 3.8) is 0 Å². The molecule has 7 heteroatoms. The summed E-state index contributed by atoms with van der Waals surface area (Å²) in [7, 11) is 0. The van der Waals surface area contributed by atoms with Crippen molar-refractivity contribution in [1.82, 2.24) is 9.97 Å². The van der Waals surface area contributed by atoms with Crippen molar-refractivity contribution in [2.45, 2.75) is 0 Å². The quantitative estimate of drug-likeness (QED) is 0.528. The Kier molecular flexibility index (Phi) is 1.93. The van der Waals surface area contributed by atoms with Crippen LogP contribution in [0.3, 0.4) is 0 Å². The second-order valence-electron chi connectivity index (χ2n) is 2.76. The van der Waals surface area contributed by atoms with Crippen LogP contribution in [0.1, 0.15) is 0 Å². The summed E-state index contributed by atoms with van der Waals surface area (Å²) < 4.78 is 13.1. The van der Waals surface area contributed by atoms with Gasteiger partial charge in [0, 0.05) is 12.1 Å². The molecule has 1 aromatic heterocycles. The Morgan fingerprint density at radius 2 is 2.07 bits per heavy atom. The number of halogens is 1. The normalized spacial score (nSPS) is 10.5. The number of fused-ring (bicyclic) bond motifs is 1. The standard InChI is InChI=1S/C8H3FN3O3/c9-5-2-6-4(1-7(5)12(14)15)8(13)11-3-10-6/h1-3H. The molecule has 0 fully saturated rings. The van der Waals surface area contributed by atoms with Crippen LogP contribution in [0.5, 0.6) is 5.88 Å². The van der Waals surface area contributed by atoms with E-state index in [4.69, 9.17) is 0 Å². The Bertz CT molecular complexity index is 558. The third-order valence-corrected chi connectivity index (χ3v) is 1.86. The predicted molar refractivity (Wildman–Crippen MR) is 46.3 cm³/mol. The molecule has 0 bridgehead atoms. The van der Waals surface area contributed by atoms with E-state index in [-0.39, 0.29) is 10.9 Å². The summed E-state index contributed by atoms with van der Waals surface area (Å²) in [6.07, 6.45) is 0.982. The first-order chi connectivity index (χ1) is 7.09. The molecule has 0 atom stereocenters. The van der Waals surface area contributed by atoms with Crippen LogP contribution in [-0.4, -0.2) is 14.9 Å². The molecule has 75 valence electrons. The van der Waals surface area contributed by atoms with Crippen molar-refractivity contribution in [3.8, 4) is 5.88 Å². The van der Waals surface area contributed by atoms with E-state index in [1.165, 1.54) is 0 Å². The van der Waals surface area contributed by atoms with Crippen LogP contribution >= 0.6 is 0 Å². The van der Waals surface area contributed by atoms with Crippen LogP contribution in [0.25, 0.3) is 10.9 Å². The minimum atomic E-state index is -1.02. The van der Waals surface area contributed by atoms with Gasteiger partial charge in [0.2, 0.25) is 5.82 Å². The molecule has 0 aliphatic carbocycles. The minimum Gasteiger partial charge on any atom is -0.267 e. The van der Waals surface area contributed by atoms with E-state index >= 15 is 0 Å². The molecule has 2 rings (SSSR count). The van der Waals surface area contributed by atoms with Gasteiger partial charge in [-0.25, -0.2) is 4.98 Å². The number of hydrogen-bond donors (Lipinski definition) is 0. The summed E-state index contributed by atoms with van der Waals surface area (Å²) >= 11 is 0. The van der Waals surface area contributed by atoms with Crippen LogP contribution < -0.4 is 0 Å². The number of rotatable bonds is 1. The predicted octanol–water partition coefficient (Wildman–Crippen LogP) is 1.82. The zero-order valence-corrected chi connectivity index (χ0v) is 7.18. The topological polar surface area (TPSA) is 88.8 Å². The van der Waals surface area contributed by atoms with E-state index in [2.05, 4.69) is 9.97 Å². The first-order valence-corrected chi connectivity index (χ1v) is 3.85. The molecule has 0 aliphatic rings. The van der Waals surface area contributed by atoms with Crippen LogP contribution in [0, 0.1) is 15.9 Å². The van der Waals surface area contributed by atoms with E-state index < -0.39 is 22.3 Å². The van der Waals surface area contributed by atoms with Gasteiger partial charge in [-0.2, -0.15) is 9.37 Å². The van der Waals surface area contributed by atoms with Gasteiger partial charge >= 0.3 is 5.69 Å². The van der Waals surface area contributed by atoms with Crippen molar-refractivity contribution in [3.05, 3.63) is 34.4 Å². The molecule has 0 N–H and O–H groups in total. The number of benzene rings is 1. The van der Waals surface area contributed by atoms with Crippen molar-refractivity contribution in [2.75, 3.05) is 0 Å². The van der Waals surface area contributed by atoms with Gasteiger partial charge in [0.05, 0.1) is 15.8 Å². The second kappa shape index (κ2) is 3.12. The van der Waals surface area contributed by atoms with Gasteiger partial charge in [-0.3, -0.25) is 15.2 Å². The first kappa shape index (κ1) is 9.25. The SMILES string of the molecule is [O]c1ncnc2cc(F)c([N+](=O)[O-])cc12. The highest BCUT2D eigenvalue weighted by Gasteiger charge is 2.17. The van der Waals surface area contributed by atoms with Crippen LogP contribution in [-0.2, 0) is 5.11 Å². The summed E-state index contributed by atoms with van der Waals surface area (Å²) in [5.74, 6) is -1.69. The molecule has 0 spiro atoms. The van der Waals surface area contributed by atoms with Gasteiger partial charge in [0.15, 0.2) is 0 Å².